The highest BCUT2D eigenvalue weighted by molar-refractivity contribution is 9.10. The Morgan fingerprint density at radius 2 is 2.17 bits per heavy atom. The predicted octanol–water partition coefficient (Wildman–Crippen LogP) is 3.09. The van der Waals surface area contributed by atoms with Crippen LogP contribution in [0.2, 0.25) is 5.02 Å². The summed E-state index contributed by atoms with van der Waals surface area (Å²) in [5.74, 6) is -1.07. The second-order valence-electron chi connectivity index (χ2n) is 3.53. The Morgan fingerprint density at radius 3 is 2.67 bits per heavy atom. The van der Waals surface area contributed by atoms with Crippen LogP contribution in [0, 0.1) is 0 Å². The first kappa shape index (κ1) is 14.8. The zero-order valence-electron chi connectivity index (χ0n) is 9.54. The Bertz CT molecular complexity index is 468. The molecule has 0 bridgehead atoms. The quantitative estimate of drug-likeness (QED) is 0.791. The fraction of sp³-hybridized carbons (Fsp3) is 0.273. The van der Waals surface area contributed by atoms with Crippen LogP contribution in [0.25, 0.3) is 0 Å². The summed E-state index contributed by atoms with van der Waals surface area (Å²) in [4.78, 5) is 22.3. The Balaban J connectivity index is 2.64. The fourth-order valence-corrected chi connectivity index (χ4v) is 1.66. The smallest absolute Gasteiger partial charge is 0.326 e. The predicted molar refractivity (Wildman–Crippen MR) is 73.0 cm³/mol. The lowest BCUT2D eigenvalue weighted by Crippen LogP contribution is -2.42. The molecule has 1 rings (SSSR count). The molecule has 0 aliphatic heterocycles. The van der Waals surface area contributed by atoms with Gasteiger partial charge in [-0.2, -0.15) is 0 Å². The maximum atomic E-state index is 11.5. The highest BCUT2D eigenvalue weighted by Crippen LogP contribution is 2.25. The van der Waals surface area contributed by atoms with Crippen molar-refractivity contribution < 1.29 is 14.7 Å². The molecule has 5 nitrogen and oxygen atoms in total. The van der Waals surface area contributed by atoms with Crippen LogP contribution >= 0.6 is 27.5 Å². The summed E-state index contributed by atoms with van der Waals surface area (Å²) in [6.45, 7) is 1.68. The van der Waals surface area contributed by atoms with Crippen LogP contribution in [-0.4, -0.2) is 23.1 Å². The first-order valence-electron chi connectivity index (χ1n) is 5.19. The lowest BCUT2D eigenvalue weighted by molar-refractivity contribution is -0.139. The zero-order chi connectivity index (χ0) is 13.7. The first-order chi connectivity index (χ1) is 8.43. The summed E-state index contributed by atoms with van der Waals surface area (Å²) in [6.07, 6.45) is 0.309. The van der Waals surface area contributed by atoms with Gasteiger partial charge in [0, 0.05) is 10.2 Å². The van der Waals surface area contributed by atoms with E-state index >= 15 is 0 Å². The van der Waals surface area contributed by atoms with Crippen molar-refractivity contribution in [1.82, 2.24) is 5.32 Å². The molecular weight excluding hydrogens is 323 g/mol. The third-order valence-electron chi connectivity index (χ3n) is 2.19. The standard InChI is InChI=1S/C11H12BrClN2O3/c1-2-9(10(16)17)15-11(18)14-6-3-4-7(12)8(13)5-6/h3-5,9H,2H2,1H3,(H,16,17)(H2,14,15,18)/t9-/m0/s1. The van der Waals surface area contributed by atoms with E-state index < -0.39 is 18.0 Å². The number of carboxylic acids is 1. The van der Waals surface area contributed by atoms with E-state index in [1.807, 2.05) is 0 Å². The van der Waals surface area contributed by atoms with Gasteiger partial charge < -0.3 is 15.7 Å². The molecule has 18 heavy (non-hydrogen) atoms. The highest BCUT2D eigenvalue weighted by Gasteiger charge is 2.17. The number of nitrogens with one attached hydrogen (secondary N) is 2. The van der Waals surface area contributed by atoms with Crippen molar-refractivity contribution in [2.45, 2.75) is 19.4 Å². The molecule has 0 aliphatic rings. The van der Waals surface area contributed by atoms with Crippen molar-refractivity contribution >= 4 is 45.2 Å². The van der Waals surface area contributed by atoms with E-state index in [-0.39, 0.29) is 0 Å². The average Bonchev–Trinajstić information content (AvgIpc) is 2.30. The number of hydrogen-bond donors (Lipinski definition) is 3. The zero-order valence-corrected chi connectivity index (χ0v) is 11.9. The van der Waals surface area contributed by atoms with Gasteiger partial charge in [0.25, 0.3) is 0 Å². The molecule has 1 aromatic rings. The summed E-state index contributed by atoms with van der Waals surface area (Å²) in [6, 6.07) is 3.41. The number of anilines is 1. The van der Waals surface area contributed by atoms with E-state index in [0.29, 0.717) is 21.6 Å². The van der Waals surface area contributed by atoms with E-state index in [0.717, 1.165) is 0 Å². The number of amides is 2. The van der Waals surface area contributed by atoms with Gasteiger partial charge >= 0.3 is 12.0 Å². The molecule has 0 heterocycles. The van der Waals surface area contributed by atoms with Gasteiger partial charge in [0.2, 0.25) is 0 Å². The molecule has 1 atom stereocenters. The van der Waals surface area contributed by atoms with E-state index in [1.165, 1.54) is 0 Å². The number of carbonyl (C=O) groups is 2. The van der Waals surface area contributed by atoms with Gasteiger partial charge in [0.1, 0.15) is 6.04 Å². The molecule has 1 aromatic carbocycles. The maximum Gasteiger partial charge on any atom is 0.326 e. The first-order valence-corrected chi connectivity index (χ1v) is 6.36. The van der Waals surface area contributed by atoms with Crippen LogP contribution in [0.4, 0.5) is 10.5 Å². The van der Waals surface area contributed by atoms with Crippen LogP contribution in [0.1, 0.15) is 13.3 Å². The normalized spacial score (nSPS) is 11.7. The number of hydrogen-bond acceptors (Lipinski definition) is 2. The lowest BCUT2D eigenvalue weighted by atomic mass is 10.2. The number of urea groups is 1. The van der Waals surface area contributed by atoms with Crippen LogP contribution in [0.15, 0.2) is 22.7 Å². The lowest BCUT2D eigenvalue weighted by Gasteiger charge is -2.13. The van der Waals surface area contributed by atoms with Gasteiger partial charge in [-0.05, 0) is 40.5 Å². The minimum Gasteiger partial charge on any atom is -0.480 e. The number of benzene rings is 1. The average molecular weight is 336 g/mol. The molecule has 0 aromatic heterocycles. The van der Waals surface area contributed by atoms with E-state index in [2.05, 4.69) is 26.6 Å². The maximum absolute atomic E-state index is 11.5. The van der Waals surface area contributed by atoms with E-state index in [9.17, 15) is 9.59 Å². The van der Waals surface area contributed by atoms with Crippen molar-refractivity contribution in [2.75, 3.05) is 5.32 Å². The molecule has 0 aliphatic carbocycles. The van der Waals surface area contributed by atoms with Gasteiger partial charge in [0.15, 0.2) is 0 Å². The minimum atomic E-state index is -1.07. The summed E-state index contributed by atoms with van der Waals surface area (Å²) < 4.78 is 0.715. The third-order valence-corrected chi connectivity index (χ3v) is 3.42. The van der Waals surface area contributed by atoms with Crippen LogP contribution in [-0.2, 0) is 4.79 Å². The molecule has 7 heteroatoms. The van der Waals surface area contributed by atoms with Gasteiger partial charge in [-0.25, -0.2) is 9.59 Å². The van der Waals surface area contributed by atoms with Crippen molar-refractivity contribution in [3.63, 3.8) is 0 Å². The Hall–Kier alpha value is -1.27. The third kappa shape index (κ3) is 4.19. The Morgan fingerprint density at radius 1 is 1.50 bits per heavy atom. The number of halogens is 2. The van der Waals surface area contributed by atoms with Gasteiger partial charge in [-0.1, -0.05) is 18.5 Å². The molecule has 2 amide bonds. The van der Waals surface area contributed by atoms with Crippen molar-refractivity contribution in [1.29, 1.82) is 0 Å². The Kier molecular flexibility index (Phi) is 5.43. The molecule has 0 radical (unpaired) electrons. The number of carbonyl (C=O) groups excluding carboxylic acids is 1. The molecule has 0 saturated carbocycles. The molecule has 0 fully saturated rings. The van der Waals surface area contributed by atoms with E-state index in [4.69, 9.17) is 16.7 Å². The second-order valence-corrected chi connectivity index (χ2v) is 4.79. The van der Waals surface area contributed by atoms with Crippen molar-refractivity contribution in [3.05, 3.63) is 27.7 Å². The van der Waals surface area contributed by atoms with Crippen LogP contribution in [0.3, 0.4) is 0 Å². The summed E-state index contributed by atoms with van der Waals surface area (Å²) >= 11 is 9.10. The van der Waals surface area contributed by atoms with Gasteiger partial charge in [-0.15, -0.1) is 0 Å². The summed E-state index contributed by atoms with van der Waals surface area (Å²) in [5, 5.41) is 14.1. The van der Waals surface area contributed by atoms with Crippen molar-refractivity contribution in [2.24, 2.45) is 0 Å². The molecule has 0 unspecified atom stereocenters. The van der Waals surface area contributed by atoms with Gasteiger partial charge in [0.05, 0.1) is 5.02 Å². The fourth-order valence-electron chi connectivity index (χ4n) is 1.24. The number of aliphatic carboxylic acids is 1. The molecule has 0 spiro atoms. The minimum absolute atomic E-state index is 0.309. The summed E-state index contributed by atoms with van der Waals surface area (Å²) in [7, 11) is 0. The summed E-state index contributed by atoms with van der Waals surface area (Å²) in [5.41, 5.74) is 0.487. The Labute approximate surface area is 118 Å². The highest BCUT2D eigenvalue weighted by atomic mass is 79.9. The monoisotopic (exact) mass is 334 g/mol. The molecular formula is C11H12BrClN2O3. The SMILES string of the molecule is CC[C@H](NC(=O)Nc1ccc(Br)c(Cl)c1)C(=O)O. The van der Waals surface area contributed by atoms with Crippen LogP contribution in [0.5, 0.6) is 0 Å². The number of rotatable bonds is 4. The van der Waals surface area contributed by atoms with E-state index in [1.54, 1.807) is 25.1 Å². The largest absolute Gasteiger partial charge is 0.480 e. The molecule has 0 saturated heterocycles. The van der Waals surface area contributed by atoms with Crippen LogP contribution < -0.4 is 10.6 Å². The second kappa shape index (κ2) is 6.61. The van der Waals surface area contributed by atoms with Gasteiger partial charge in [-0.3, -0.25) is 0 Å². The van der Waals surface area contributed by atoms with Crippen molar-refractivity contribution in [3.8, 4) is 0 Å². The molecule has 98 valence electrons. The molecule has 3 N–H and O–H groups in total. The number of carboxylic acid groups (broad SMARTS) is 1. The topological polar surface area (TPSA) is 78.4 Å².